The Morgan fingerprint density at radius 3 is 2.48 bits per heavy atom. The number of ether oxygens (including phenoxy) is 2. The minimum absolute atomic E-state index is 0.278. The summed E-state index contributed by atoms with van der Waals surface area (Å²) in [5.41, 5.74) is 1.95. The molecule has 2 rings (SSSR count). The molecule has 110 valence electrons. The zero-order valence-electron chi connectivity index (χ0n) is 12.1. The normalized spacial score (nSPS) is 11.7. The van der Waals surface area contributed by atoms with Crippen molar-refractivity contribution in [2.24, 2.45) is 0 Å². The predicted molar refractivity (Wildman–Crippen MR) is 79.9 cm³/mol. The first kappa shape index (κ1) is 14.9. The van der Waals surface area contributed by atoms with Crippen molar-refractivity contribution in [1.29, 1.82) is 0 Å². The second-order valence-electron chi connectivity index (χ2n) is 4.81. The molecule has 1 atom stereocenters. The molecule has 0 fully saturated rings. The molecular weight excluding hydrogens is 268 g/mol. The number of aryl methyl sites for hydroxylation is 1. The molecule has 0 bridgehead atoms. The fraction of sp³-hybridized carbons (Fsp3) is 0.235. The van der Waals surface area contributed by atoms with Gasteiger partial charge in [-0.15, -0.1) is 0 Å². The third kappa shape index (κ3) is 4.24. The number of hydrogen-bond acceptors (Lipinski definition) is 3. The molecule has 0 saturated carbocycles. The highest BCUT2D eigenvalue weighted by atomic mass is 16.5. The number of carbonyl (C=O) groups is 1. The second-order valence-corrected chi connectivity index (χ2v) is 4.81. The Morgan fingerprint density at radius 1 is 1.14 bits per heavy atom. The van der Waals surface area contributed by atoms with E-state index in [0.717, 1.165) is 11.1 Å². The third-order valence-corrected chi connectivity index (χ3v) is 3.13. The first-order valence-corrected chi connectivity index (χ1v) is 6.67. The number of carboxylic acid groups (broad SMARTS) is 1. The summed E-state index contributed by atoms with van der Waals surface area (Å²) in [4.78, 5) is 11.4. The smallest absolute Gasteiger partial charge is 0.345 e. The van der Waals surface area contributed by atoms with Crippen LogP contribution in [-0.2, 0) is 11.2 Å². The van der Waals surface area contributed by atoms with Crippen LogP contribution < -0.4 is 9.47 Å². The van der Waals surface area contributed by atoms with Crippen LogP contribution in [0.1, 0.15) is 11.1 Å². The van der Waals surface area contributed by atoms with Gasteiger partial charge < -0.3 is 14.6 Å². The Kier molecular flexibility index (Phi) is 4.82. The van der Waals surface area contributed by atoms with E-state index in [1.54, 1.807) is 19.2 Å². The predicted octanol–water partition coefficient (Wildman–Crippen LogP) is 3.08. The van der Waals surface area contributed by atoms with Gasteiger partial charge in [0.05, 0.1) is 7.11 Å². The lowest BCUT2D eigenvalue weighted by atomic mass is 10.1. The molecule has 1 unspecified atom stereocenters. The molecule has 4 nitrogen and oxygen atoms in total. The van der Waals surface area contributed by atoms with E-state index in [1.807, 2.05) is 43.3 Å². The highest BCUT2D eigenvalue weighted by molar-refractivity contribution is 5.73. The van der Waals surface area contributed by atoms with E-state index in [0.29, 0.717) is 11.5 Å². The lowest BCUT2D eigenvalue weighted by Crippen LogP contribution is -2.29. The van der Waals surface area contributed by atoms with E-state index in [-0.39, 0.29) is 6.42 Å². The van der Waals surface area contributed by atoms with Crippen LogP contribution in [0, 0.1) is 6.92 Å². The van der Waals surface area contributed by atoms with Gasteiger partial charge in [0.15, 0.2) is 6.10 Å². The van der Waals surface area contributed by atoms with E-state index >= 15 is 0 Å². The molecule has 0 spiro atoms. The molecule has 0 aliphatic carbocycles. The van der Waals surface area contributed by atoms with Crippen LogP contribution in [0.25, 0.3) is 0 Å². The summed E-state index contributed by atoms with van der Waals surface area (Å²) in [5.74, 6) is 0.265. The van der Waals surface area contributed by atoms with Crippen molar-refractivity contribution in [1.82, 2.24) is 0 Å². The van der Waals surface area contributed by atoms with Crippen molar-refractivity contribution >= 4 is 5.97 Å². The molecule has 0 amide bonds. The Morgan fingerprint density at radius 2 is 1.86 bits per heavy atom. The van der Waals surface area contributed by atoms with Gasteiger partial charge in [0, 0.05) is 6.42 Å². The van der Waals surface area contributed by atoms with Gasteiger partial charge in [-0.2, -0.15) is 0 Å². The molecular formula is C17H18O4. The SMILES string of the molecule is COc1cccc(CC(Oc2ccc(C)cc2)C(=O)O)c1. The number of hydrogen-bond donors (Lipinski definition) is 1. The highest BCUT2D eigenvalue weighted by Crippen LogP contribution is 2.18. The van der Waals surface area contributed by atoms with Gasteiger partial charge in [-0.25, -0.2) is 4.79 Å². The molecule has 21 heavy (non-hydrogen) atoms. The molecule has 0 saturated heterocycles. The van der Waals surface area contributed by atoms with Crippen LogP contribution in [0.3, 0.4) is 0 Å². The molecule has 0 aromatic heterocycles. The number of benzene rings is 2. The fourth-order valence-corrected chi connectivity index (χ4v) is 1.97. The lowest BCUT2D eigenvalue weighted by Gasteiger charge is -2.15. The Bertz CT molecular complexity index is 604. The average Bonchev–Trinajstić information content (AvgIpc) is 2.49. The Balaban J connectivity index is 2.11. The standard InChI is InChI=1S/C17H18O4/c1-12-6-8-14(9-7-12)21-16(17(18)19)11-13-4-3-5-15(10-13)20-2/h3-10,16H,11H2,1-2H3,(H,18,19). The van der Waals surface area contributed by atoms with Gasteiger partial charge in [0.1, 0.15) is 11.5 Å². The summed E-state index contributed by atoms with van der Waals surface area (Å²) < 4.78 is 10.7. The summed E-state index contributed by atoms with van der Waals surface area (Å²) >= 11 is 0. The molecule has 0 aliphatic heterocycles. The summed E-state index contributed by atoms with van der Waals surface area (Å²) in [6.45, 7) is 1.97. The van der Waals surface area contributed by atoms with Crippen LogP contribution in [-0.4, -0.2) is 24.3 Å². The maximum Gasteiger partial charge on any atom is 0.345 e. The Labute approximate surface area is 123 Å². The van der Waals surface area contributed by atoms with Gasteiger partial charge in [0.2, 0.25) is 0 Å². The van der Waals surface area contributed by atoms with E-state index < -0.39 is 12.1 Å². The van der Waals surface area contributed by atoms with Gasteiger partial charge in [-0.05, 0) is 36.8 Å². The van der Waals surface area contributed by atoms with Crippen molar-refractivity contribution in [3.63, 3.8) is 0 Å². The van der Waals surface area contributed by atoms with Crippen molar-refractivity contribution in [3.8, 4) is 11.5 Å². The van der Waals surface area contributed by atoms with Crippen LogP contribution in [0.2, 0.25) is 0 Å². The van der Waals surface area contributed by atoms with E-state index in [9.17, 15) is 9.90 Å². The van der Waals surface area contributed by atoms with Crippen molar-refractivity contribution in [2.75, 3.05) is 7.11 Å². The first-order valence-electron chi connectivity index (χ1n) is 6.67. The van der Waals surface area contributed by atoms with Gasteiger partial charge in [-0.3, -0.25) is 0 Å². The van der Waals surface area contributed by atoms with Crippen molar-refractivity contribution < 1.29 is 19.4 Å². The molecule has 0 heterocycles. The highest BCUT2D eigenvalue weighted by Gasteiger charge is 2.20. The number of aliphatic carboxylic acids is 1. The number of methoxy groups -OCH3 is 1. The minimum Gasteiger partial charge on any atom is -0.497 e. The lowest BCUT2D eigenvalue weighted by molar-refractivity contribution is -0.145. The zero-order chi connectivity index (χ0) is 15.2. The number of rotatable bonds is 6. The van der Waals surface area contributed by atoms with Crippen molar-refractivity contribution in [3.05, 3.63) is 59.7 Å². The van der Waals surface area contributed by atoms with Gasteiger partial charge in [0.25, 0.3) is 0 Å². The van der Waals surface area contributed by atoms with Crippen LogP contribution >= 0.6 is 0 Å². The summed E-state index contributed by atoms with van der Waals surface area (Å²) in [5, 5.41) is 9.32. The molecule has 2 aromatic carbocycles. The number of carboxylic acids is 1. The summed E-state index contributed by atoms with van der Waals surface area (Å²) in [6, 6.07) is 14.7. The Hall–Kier alpha value is -2.49. The minimum atomic E-state index is -0.988. The van der Waals surface area contributed by atoms with E-state index in [2.05, 4.69) is 0 Å². The van der Waals surface area contributed by atoms with Crippen LogP contribution in [0.15, 0.2) is 48.5 Å². The fourth-order valence-electron chi connectivity index (χ4n) is 1.97. The topological polar surface area (TPSA) is 55.8 Å². The maximum absolute atomic E-state index is 11.4. The summed E-state index contributed by atoms with van der Waals surface area (Å²) in [7, 11) is 1.58. The van der Waals surface area contributed by atoms with E-state index in [4.69, 9.17) is 9.47 Å². The average molecular weight is 286 g/mol. The second kappa shape index (κ2) is 6.79. The van der Waals surface area contributed by atoms with Gasteiger partial charge >= 0.3 is 5.97 Å². The largest absolute Gasteiger partial charge is 0.497 e. The zero-order valence-corrected chi connectivity index (χ0v) is 12.1. The molecule has 2 aromatic rings. The monoisotopic (exact) mass is 286 g/mol. The molecule has 4 heteroatoms. The van der Waals surface area contributed by atoms with Crippen molar-refractivity contribution in [2.45, 2.75) is 19.4 Å². The maximum atomic E-state index is 11.4. The summed E-state index contributed by atoms with van der Waals surface area (Å²) in [6.07, 6.45) is -0.653. The van der Waals surface area contributed by atoms with Crippen LogP contribution in [0.4, 0.5) is 0 Å². The first-order chi connectivity index (χ1) is 10.1. The van der Waals surface area contributed by atoms with Crippen LogP contribution in [0.5, 0.6) is 11.5 Å². The quantitative estimate of drug-likeness (QED) is 0.886. The van der Waals surface area contributed by atoms with E-state index in [1.165, 1.54) is 0 Å². The third-order valence-electron chi connectivity index (χ3n) is 3.13. The molecule has 0 aliphatic rings. The molecule has 0 radical (unpaired) electrons. The van der Waals surface area contributed by atoms with Gasteiger partial charge in [-0.1, -0.05) is 29.8 Å². The molecule has 1 N–H and O–H groups in total.